The molecule has 0 amide bonds. The number of likely N-dealkylation sites (N-methyl/N-ethyl adjacent to an activating group) is 2. The lowest BCUT2D eigenvalue weighted by molar-refractivity contribution is 0.0688. The van der Waals surface area contributed by atoms with E-state index in [9.17, 15) is 4.79 Å². The van der Waals surface area contributed by atoms with Crippen molar-refractivity contribution < 1.29 is 9.90 Å². The molecule has 0 bridgehead atoms. The molecule has 1 aliphatic rings. The number of carboxylic acids is 1. The van der Waals surface area contributed by atoms with Crippen LogP contribution < -0.4 is 0 Å². The van der Waals surface area contributed by atoms with Crippen LogP contribution in [-0.2, 0) is 6.42 Å². The fraction of sp³-hybridized carbons (Fsp3) is 0.583. The van der Waals surface area contributed by atoms with Gasteiger partial charge in [0.2, 0.25) is 0 Å². The second-order valence-corrected chi connectivity index (χ2v) is 5.74. The molecule has 0 saturated carbocycles. The maximum Gasteiger partial charge on any atom is 0.355 e. The van der Waals surface area contributed by atoms with Gasteiger partial charge in [-0.25, -0.2) is 14.8 Å². The molecule has 7 heteroatoms. The normalized spacial score (nSPS) is 21.5. The summed E-state index contributed by atoms with van der Waals surface area (Å²) in [6, 6.07) is 0.321. The average molecular weight is 329 g/mol. The van der Waals surface area contributed by atoms with Crippen LogP contribution in [0.1, 0.15) is 16.3 Å². The summed E-state index contributed by atoms with van der Waals surface area (Å²) >= 11 is 3.15. The number of nitrogens with zero attached hydrogens (tertiary/aromatic N) is 4. The summed E-state index contributed by atoms with van der Waals surface area (Å²) in [5, 5.41) is 9.05. The van der Waals surface area contributed by atoms with Gasteiger partial charge in [0.05, 0.1) is 4.47 Å². The van der Waals surface area contributed by atoms with Crippen LogP contribution in [-0.4, -0.2) is 70.6 Å². The van der Waals surface area contributed by atoms with Gasteiger partial charge >= 0.3 is 5.97 Å². The Hall–Kier alpha value is -1.05. The van der Waals surface area contributed by atoms with Gasteiger partial charge in [-0.2, -0.15) is 0 Å². The van der Waals surface area contributed by atoms with Gasteiger partial charge in [0.15, 0.2) is 5.69 Å². The molecule has 6 nitrogen and oxygen atoms in total. The standard InChI is InChI=1S/C12H17BrN4O2/c1-16-3-4-17(2)8(7-16)5-10-14-6-9(13)11(15-10)12(18)19/h6,8H,3-5,7H2,1-2H3,(H,18,19). The molecule has 1 N–H and O–H groups in total. The molecule has 1 aliphatic heterocycles. The number of rotatable bonds is 3. The molecule has 0 spiro atoms. The Balaban J connectivity index is 2.14. The Labute approximate surface area is 120 Å². The third-order valence-electron chi connectivity index (χ3n) is 3.39. The number of hydrogen-bond donors (Lipinski definition) is 1. The van der Waals surface area contributed by atoms with Crippen LogP contribution in [0.15, 0.2) is 10.7 Å². The molecule has 0 aromatic carbocycles. The highest BCUT2D eigenvalue weighted by Gasteiger charge is 2.24. The molecule has 0 radical (unpaired) electrons. The van der Waals surface area contributed by atoms with Gasteiger partial charge in [-0.3, -0.25) is 0 Å². The van der Waals surface area contributed by atoms with Crippen LogP contribution in [0, 0.1) is 0 Å². The lowest BCUT2D eigenvalue weighted by Crippen LogP contribution is -2.51. The summed E-state index contributed by atoms with van der Waals surface area (Å²) < 4.78 is 0.415. The largest absolute Gasteiger partial charge is 0.476 e. The SMILES string of the molecule is CN1CCN(C)C(Cc2ncc(Br)c(C(=O)O)n2)C1. The zero-order chi connectivity index (χ0) is 14.0. The molecular weight excluding hydrogens is 312 g/mol. The average Bonchev–Trinajstić information content (AvgIpc) is 2.36. The van der Waals surface area contributed by atoms with Crippen LogP contribution in [0.25, 0.3) is 0 Å². The van der Waals surface area contributed by atoms with Gasteiger partial charge in [0.1, 0.15) is 5.82 Å². The summed E-state index contributed by atoms with van der Waals surface area (Å²) in [6.45, 7) is 3.00. The van der Waals surface area contributed by atoms with Gasteiger partial charge < -0.3 is 14.9 Å². The first-order valence-corrected chi connectivity index (χ1v) is 6.90. The molecule has 2 rings (SSSR count). The third kappa shape index (κ3) is 3.49. The van der Waals surface area contributed by atoms with Crippen LogP contribution >= 0.6 is 15.9 Å². The Morgan fingerprint density at radius 1 is 1.53 bits per heavy atom. The summed E-state index contributed by atoms with van der Waals surface area (Å²) in [5.41, 5.74) is 0.0248. The lowest BCUT2D eigenvalue weighted by atomic mass is 10.1. The minimum Gasteiger partial charge on any atom is -0.476 e. The number of carbonyl (C=O) groups is 1. The van der Waals surface area contributed by atoms with Crippen molar-refractivity contribution in [3.05, 3.63) is 22.2 Å². The van der Waals surface area contributed by atoms with E-state index in [1.807, 2.05) is 0 Å². The van der Waals surface area contributed by atoms with Crippen LogP contribution in [0.3, 0.4) is 0 Å². The van der Waals surface area contributed by atoms with E-state index < -0.39 is 5.97 Å². The number of aromatic nitrogens is 2. The van der Waals surface area contributed by atoms with Crippen molar-refractivity contribution >= 4 is 21.9 Å². The Kier molecular flexibility index (Phi) is 4.49. The molecule has 1 aromatic rings. The van der Waals surface area contributed by atoms with E-state index in [2.05, 4.69) is 49.8 Å². The maximum absolute atomic E-state index is 11.0. The smallest absolute Gasteiger partial charge is 0.355 e. The highest BCUT2D eigenvalue weighted by atomic mass is 79.9. The Bertz CT molecular complexity index is 483. The molecule has 1 atom stereocenters. The van der Waals surface area contributed by atoms with E-state index in [0.29, 0.717) is 22.8 Å². The minimum absolute atomic E-state index is 0.0248. The number of halogens is 1. The van der Waals surface area contributed by atoms with Crippen LogP contribution in [0.5, 0.6) is 0 Å². The zero-order valence-electron chi connectivity index (χ0n) is 11.0. The minimum atomic E-state index is -1.04. The van der Waals surface area contributed by atoms with E-state index in [-0.39, 0.29) is 5.69 Å². The van der Waals surface area contributed by atoms with Crippen LogP contribution in [0.2, 0.25) is 0 Å². The molecule has 1 saturated heterocycles. The topological polar surface area (TPSA) is 69.6 Å². The number of aromatic carboxylic acids is 1. The summed E-state index contributed by atoms with van der Waals surface area (Å²) in [6.07, 6.45) is 2.17. The number of hydrogen-bond acceptors (Lipinski definition) is 5. The highest BCUT2D eigenvalue weighted by molar-refractivity contribution is 9.10. The van der Waals surface area contributed by atoms with Crippen molar-refractivity contribution in [2.75, 3.05) is 33.7 Å². The van der Waals surface area contributed by atoms with Crippen LogP contribution in [0.4, 0.5) is 0 Å². The van der Waals surface area contributed by atoms with E-state index in [1.165, 1.54) is 6.20 Å². The quantitative estimate of drug-likeness (QED) is 0.882. The summed E-state index contributed by atoms with van der Waals surface area (Å²) in [4.78, 5) is 23.9. The molecule has 1 fully saturated rings. The van der Waals surface area contributed by atoms with Crippen molar-refractivity contribution in [3.8, 4) is 0 Å². The highest BCUT2D eigenvalue weighted by Crippen LogP contribution is 2.15. The maximum atomic E-state index is 11.0. The lowest BCUT2D eigenvalue weighted by Gasteiger charge is -2.37. The molecule has 1 aromatic heterocycles. The molecule has 2 heterocycles. The second-order valence-electron chi connectivity index (χ2n) is 4.89. The van der Waals surface area contributed by atoms with Crippen molar-refractivity contribution in [1.29, 1.82) is 0 Å². The van der Waals surface area contributed by atoms with Crippen molar-refractivity contribution in [2.24, 2.45) is 0 Å². The van der Waals surface area contributed by atoms with Gasteiger partial charge in [-0.05, 0) is 30.0 Å². The van der Waals surface area contributed by atoms with Crippen molar-refractivity contribution in [1.82, 2.24) is 19.8 Å². The first-order chi connectivity index (χ1) is 8.97. The fourth-order valence-corrected chi connectivity index (χ4v) is 2.55. The molecule has 19 heavy (non-hydrogen) atoms. The predicted octanol–water partition coefficient (Wildman–Crippen LogP) is 0.726. The molecule has 1 unspecified atom stereocenters. The molecule has 0 aliphatic carbocycles. The fourth-order valence-electron chi connectivity index (χ4n) is 2.18. The monoisotopic (exact) mass is 328 g/mol. The van der Waals surface area contributed by atoms with E-state index in [0.717, 1.165) is 19.6 Å². The number of piperazine rings is 1. The van der Waals surface area contributed by atoms with Crippen molar-refractivity contribution in [3.63, 3.8) is 0 Å². The second kappa shape index (κ2) is 5.94. The molecule has 104 valence electrons. The first-order valence-electron chi connectivity index (χ1n) is 6.11. The van der Waals surface area contributed by atoms with E-state index in [1.54, 1.807) is 0 Å². The van der Waals surface area contributed by atoms with Gasteiger partial charge in [0, 0.05) is 38.3 Å². The Morgan fingerprint density at radius 2 is 2.26 bits per heavy atom. The van der Waals surface area contributed by atoms with E-state index in [4.69, 9.17) is 5.11 Å². The van der Waals surface area contributed by atoms with Crippen molar-refractivity contribution in [2.45, 2.75) is 12.5 Å². The Morgan fingerprint density at radius 3 is 2.95 bits per heavy atom. The predicted molar refractivity (Wildman–Crippen MR) is 74.3 cm³/mol. The van der Waals surface area contributed by atoms with Gasteiger partial charge in [-0.1, -0.05) is 0 Å². The zero-order valence-corrected chi connectivity index (χ0v) is 12.6. The van der Waals surface area contributed by atoms with Gasteiger partial charge in [0.25, 0.3) is 0 Å². The summed E-state index contributed by atoms with van der Waals surface area (Å²) in [5.74, 6) is -0.461. The molecular formula is C12H17BrN4O2. The van der Waals surface area contributed by atoms with E-state index >= 15 is 0 Å². The van der Waals surface area contributed by atoms with Gasteiger partial charge in [-0.15, -0.1) is 0 Å². The first kappa shape index (κ1) is 14.4. The third-order valence-corrected chi connectivity index (χ3v) is 3.98. The summed E-state index contributed by atoms with van der Waals surface area (Å²) in [7, 11) is 4.17. The number of carboxylic acid groups (broad SMARTS) is 1.